The molecule has 168 valence electrons. The van der Waals surface area contributed by atoms with Crippen LogP contribution in [0.1, 0.15) is 12.5 Å². The van der Waals surface area contributed by atoms with Crippen molar-refractivity contribution in [2.45, 2.75) is 6.92 Å². The Labute approximate surface area is 186 Å². The summed E-state index contributed by atoms with van der Waals surface area (Å²) in [6.07, 6.45) is 1.60. The summed E-state index contributed by atoms with van der Waals surface area (Å²) in [6.45, 7) is 1.70. The quantitative estimate of drug-likeness (QED) is 0.481. The molecule has 0 bridgehead atoms. The summed E-state index contributed by atoms with van der Waals surface area (Å²) in [5, 5.41) is 0. The third kappa shape index (κ3) is 3.99. The lowest BCUT2D eigenvalue weighted by Gasteiger charge is -2.18. The van der Waals surface area contributed by atoms with Crippen LogP contribution in [0.25, 0.3) is 6.08 Å². The number of carbonyl (C=O) groups excluding carboxylic acids is 2. The van der Waals surface area contributed by atoms with E-state index in [1.165, 1.54) is 33.3 Å². The Morgan fingerprint density at radius 1 is 0.875 bits per heavy atom. The highest BCUT2D eigenvalue weighted by molar-refractivity contribution is 6.23. The molecule has 0 radical (unpaired) electrons. The fourth-order valence-corrected chi connectivity index (χ4v) is 3.57. The number of ether oxygens (including phenoxy) is 5. The zero-order chi connectivity index (χ0) is 23.4. The number of amides is 1. The first kappa shape index (κ1) is 22.7. The van der Waals surface area contributed by atoms with Crippen LogP contribution in [0.3, 0.4) is 0 Å². The molecule has 0 saturated heterocycles. The van der Waals surface area contributed by atoms with Crippen molar-refractivity contribution in [3.05, 3.63) is 58.8 Å². The molecule has 1 heterocycles. The predicted octanol–water partition coefficient (Wildman–Crippen LogP) is 3.60. The summed E-state index contributed by atoms with van der Waals surface area (Å²) < 4.78 is 26.3. The first-order valence-corrected chi connectivity index (χ1v) is 9.69. The Balaban J connectivity index is 2.15. The molecular weight excluding hydrogens is 414 g/mol. The molecule has 2 aromatic carbocycles. The lowest BCUT2D eigenvalue weighted by atomic mass is 10.0. The number of esters is 1. The molecule has 0 saturated carbocycles. The SMILES string of the molecule is COC(=O)C1=C(C)N(c2ccc(OC)cc2)C(=O)/C1=C\c1cc(OC)c(OC)c(OC)c1. The van der Waals surface area contributed by atoms with Gasteiger partial charge in [0.25, 0.3) is 5.91 Å². The minimum Gasteiger partial charge on any atom is -0.497 e. The zero-order valence-corrected chi connectivity index (χ0v) is 18.8. The van der Waals surface area contributed by atoms with Crippen LogP contribution in [0.15, 0.2) is 53.2 Å². The third-order valence-electron chi connectivity index (χ3n) is 5.12. The summed E-state index contributed by atoms with van der Waals surface area (Å²) in [5.41, 5.74) is 2.03. The Kier molecular flexibility index (Phi) is 6.73. The van der Waals surface area contributed by atoms with E-state index in [1.807, 2.05) is 0 Å². The van der Waals surface area contributed by atoms with E-state index in [9.17, 15) is 9.59 Å². The molecule has 1 aliphatic rings. The monoisotopic (exact) mass is 439 g/mol. The summed E-state index contributed by atoms with van der Waals surface area (Å²) >= 11 is 0. The van der Waals surface area contributed by atoms with Gasteiger partial charge in [-0.15, -0.1) is 0 Å². The van der Waals surface area contributed by atoms with Crippen LogP contribution in [0, 0.1) is 0 Å². The van der Waals surface area contributed by atoms with Crippen molar-refractivity contribution >= 4 is 23.6 Å². The molecule has 3 rings (SSSR count). The fraction of sp³-hybridized carbons (Fsp3) is 0.250. The first-order valence-electron chi connectivity index (χ1n) is 9.69. The normalized spacial score (nSPS) is 14.6. The Hall–Kier alpha value is -3.94. The maximum atomic E-state index is 13.4. The number of nitrogens with zero attached hydrogens (tertiary/aromatic N) is 1. The maximum absolute atomic E-state index is 13.4. The van der Waals surface area contributed by atoms with Crippen LogP contribution < -0.4 is 23.8 Å². The van der Waals surface area contributed by atoms with E-state index in [0.29, 0.717) is 39.9 Å². The fourth-order valence-electron chi connectivity index (χ4n) is 3.57. The lowest BCUT2D eigenvalue weighted by Crippen LogP contribution is -2.24. The average molecular weight is 439 g/mol. The van der Waals surface area contributed by atoms with Gasteiger partial charge in [0.05, 0.1) is 46.7 Å². The number of hydrogen-bond acceptors (Lipinski definition) is 7. The highest BCUT2D eigenvalue weighted by atomic mass is 16.5. The summed E-state index contributed by atoms with van der Waals surface area (Å²) in [7, 11) is 7.36. The molecule has 1 aliphatic heterocycles. The largest absolute Gasteiger partial charge is 0.497 e. The van der Waals surface area contributed by atoms with Gasteiger partial charge in [-0.3, -0.25) is 9.69 Å². The summed E-state index contributed by atoms with van der Waals surface area (Å²) in [6, 6.07) is 10.4. The third-order valence-corrected chi connectivity index (χ3v) is 5.12. The molecule has 32 heavy (non-hydrogen) atoms. The van der Waals surface area contributed by atoms with Crippen molar-refractivity contribution in [1.29, 1.82) is 0 Å². The van der Waals surface area contributed by atoms with Gasteiger partial charge in [-0.2, -0.15) is 0 Å². The Morgan fingerprint density at radius 2 is 1.47 bits per heavy atom. The Morgan fingerprint density at radius 3 is 1.94 bits per heavy atom. The molecule has 1 amide bonds. The number of hydrogen-bond donors (Lipinski definition) is 0. The minimum absolute atomic E-state index is 0.182. The van der Waals surface area contributed by atoms with Crippen molar-refractivity contribution in [3.8, 4) is 23.0 Å². The van der Waals surface area contributed by atoms with E-state index in [0.717, 1.165) is 0 Å². The topological polar surface area (TPSA) is 83.5 Å². The maximum Gasteiger partial charge on any atom is 0.340 e. The number of rotatable bonds is 7. The van der Waals surface area contributed by atoms with E-state index in [-0.39, 0.29) is 17.1 Å². The molecule has 0 fully saturated rings. The molecule has 0 atom stereocenters. The van der Waals surface area contributed by atoms with E-state index < -0.39 is 5.97 Å². The second-order valence-corrected chi connectivity index (χ2v) is 6.81. The highest BCUT2D eigenvalue weighted by Gasteiger charge is 2.38. The van der Waals surface area contributed by atoms with Gasteiger partial charge in [-0.05, 0) is 55.0 Å². The van der Waals surface area contributed by atoms with E-state index in [1.54, 1.807) is 56.5 Å². The van der Waals surface area contributed by atoms with Crippen LogP contribution in [0.2, 0.25) is 0 Å². The first-order chi connectivity index (χ1) is 15.4. The highest BCUT2D eigenvalue weighted by Crippen LogP contribution is 2.40. The molecular formula is C24H25NO7. The van der Waals surface area contributed by atoms with Crippen LogP contribution >= 0.6 is 0 Å². The number of allylic oxidation sites excluding steroid dienone is 1. The standard InChI is InChI=1S/C24H25NO7/c1-14-21(24(27)32-6)18(23(26)25(14)16-7-9-17(28-2)10-8-16)11-15-12-19(29-3)22(31-5)20(13-15)30-4/h7-13H,1-6H3/b18-11-. The van der Waals surface area contributed by atoms with Gasteiger partial charge in [0, 0.05) is 11.4 Å². The predicted molar refractivity (Wildman–Crippen MR) is 119 cm³/mol. The van der Waals surface area contributed by atoms with E-state index in [2.05, 4.69) is 0 Å². The van der Waals surface area contributed by atoms with Crippen molar-refractivity contribution in [3.63, 3.8) is 0 Å². The van der Waals surface area contributed by atoms with Gasteiger partial charge in [0.1, 0.15) is 5.75 Å². The minimum atomic E-state index is -0.606. The van der Waals surface area contributed by atoms with Crippen LogP contribution in [-0.4, -0.2) is 47.4 Å². The molecule has 0 aromatic heterocycles. The van der Waals surface area contributed by atoms with Gasteiger partial charge in [-0.1, -0.05) is 0 Å². The van der Waals surface area contributed by atoms with Gasteiger partial charge < -0.3 is 23.7 Å². The molecule has 0 N–H and O–H groups in total. The number of anilines is 1. The van der Waals surface area contributed by atoms with Crippen molar-refractivity contribution in [1.82, 2.24) is 0 Å². The number of methoxy groups -OCH3 is 5. The summed E-state index contributed by atoms with van der Waals surface area (Å²) in [5.74, 6) is 0.971. The molecule has 0 spiro atoms. The zero-order valence-electron chi connectivity index (χ0n) is 18.8. The lowest BCUT2D eigenvalue weighted by molar-refractivity contribution is -0.136. The van der Waals surface area contributed by atoms with Crippen molar-refractivity contribution in [2.24, 2.45) is 0 Å². The van der Waals surface area contributed by atoms with E-state index in [4.69, 9.17) is 23.7 Å². The van der Waals surface area contributed by atoms with Gasteiger partial charge in [0.15, 0.2) is 11.5 Å². The molecule has 0 aliphatic carbocycles. The molecule has 0 unspecified atom stereocenters. The molecule has 2 aromatic rings. The number of benzene rings is 2. The van der Waals surface area contributed by atoms with Gasteiger partial charge in [0.2, 0.25) is 5.75 Å². The second-order valence-electron chi connectivity index (χ2n) is 6.81. The van der Waals surface area contributed by atoms with E-state index >= 15 is 0 Å². The van der Waals surface area contributed by atoms with Crippen LogP contribution in [-0.2, 0) is 14.3 Å². The smallest absolute Gasteiger partial charge is 0.340 e. The van der Waals surface area contributed by atoms with Crippen molar-refractivity contribution in [2.75, 3.05) is 40.4 Å². The van der Waals surface area contributed by atoms with Gasteiger partial charge >= 0.3 is 5.97 Å². The van der Waals surface area contributed by atoms with Gasteiger partial charge in [-0.25, -0.2) is 4.79 Å². The summed E-state index contributed by atoms with van der Waals surface area (Å²) in [4.78, 5) is 27.5. The molecule has 8 nitrogen and oxygen atoms in total. The van der Waals surface area contributed by atoms with Crippen molar-refractivity contribution < 1.29 is 33.3 Å². The Bertz CT molecular complexity index is 1070. The van der Waals surface area contributed by atoms with Crippen LogP contribution in [0.4, 0.5) is 5.69 Å². The van der Waals surface area contributed by atoms with Crippen LogP contribution in [0.5, 0.6) is 23.0 Å². The average Bonchev–Trinajstić information content (AvgIpc) is 3.06. The second kappa shape index (κ2) is 9.47. The molecule has 8 heteroatoms. The number of carbonyl (C=O) groups is 2.